The summed E-state index contributed by atoms with van der Waals surface area (Å²) in [6, 6.07) is 64.7. The third-order valence-electron chi connectivity index (χ3n) is 6.09. The topological polar surface area (TPSA) is 0 Å². The smallest absolute Gasteiger partial charge is 0.0134 e. The first-order valence-electron chi connectivity index (χ1n) is 16.2. The van der Waals surface area contributed by atoms with Crippen molar-refractivity contribution in [3.05, 3.63) is 182 Å². The molecule has 0 aliphatic rings. The molecule has 0 saturated carbocycles. The zero-order valence-electron chi connectivity index (χ0n) is 29.7. The van der Waals surface area contributed by atoms with Gasteiger partial charge in [-0.1, -0.05) is 182 Å². The molecular weight excluding hydrogens is 1140 g/mol. The molecule has 0 aliphatic carbocycles. The van der Waals surface area contributed by atoms with E-state index < -0.39 is 15.8 Å². The van der Waals surface area contributed by atoms with Gasteiger partial charge >= 0.3 is 124 Å². The zero-order valence-corrected chi connectivity index (χ0v) is 39.7. The third-order valence-corrected chi connectivity index (χ3v) is 11.0. The predicted octanol–water partition coefficient (Wildman–Crippen LogP) is 9.10. The molecule has 2 radical (unpaired) electrons. The van der Waals surface area contributed by atoms with E-state index in [0.29, 0.717) is 8.63 Å². The van der Waals surface area contributed by atoms with Crippen LogP contribution in [-0.2, 0) is 42.1 Å². The van der Waals surface area contributed by atoms with Crippen LogP contribution in [0.2, 0.25) is 8.63 Å². The van der Waals surface area contributed by atoms with Crippen LogP contribution < -0.4 is 31.8 Å². The van der Waals surface area contributed by atoms with E-state index in [2.05, 4.69) is 256 Å². The Morgan fingerprint density at radius 1 is 0.280 bits per heavy atom. The first-order chi connectivity index (χ1) is 22.9. The van der Waals surface area contributed by atoms with Crippen LogP contribution in [0.5, 0.6) is 0 Å². The van der Waals surface area contributed by atoms with Crippen molar-refractivity contribution in [2.24, 2.45) is 0 Å². The normalized spacial score (nSPS) is 10.4. The largest absolute Gasteiger partial charge is 0.0622 e. The van der Waals surface area contributed by atoms with Gasteiger partial charge in [-0.2, -0.15) is 0 Å². The molecule has 6 rings (SSSR count). The van der Waals surface area contributed by atoms with E-state index >= 15 is 0 Å². The van der Waals surface area contributed by atoms with Crippen LogP contribution in [0.25, 0.3) is 0 Å². The number of benzene rings is 6. The summed E-state index contributed by atoms with van der Waals surface area (Å²) in [5, 5.41) is 8.39. The monoisotopic (exact) mass is 1190 g/mol. The van der Waals surface area contributed by atoms with Gasteiger partial charge in [0, 0.05) is 0 Å². The predicted molar refractivity (Wildman–Crippen MR) is 224 cm³/mol. The molecule has 50 heavy (non-hydrogen) atoms. The van der Waals surface area contributed by atoms with Crippen molar-refractivity contribution in [1.82, 2.24) is 0 Å². The fraction of sp³-hybridized carbons (Fsp3) is 0.182. The molecule has 0 aromatic heterocycles. The van der Waals surface area contributed by atoms with E-state index in [4.69, 9.17) is 0 Å². The Kier molecular flexibility index (Phi) is 23.1. The van der Waals surface area contributed by atoms with E-state index in [-0.39, 0.29) is 42.1 Å². The molecule has 0 amide bonds. The average molecular weight is 1190 g/mol. The summed E-state index contributed by atoms with van der Waals surface area (Å²) in [5.41, 5.74) is 0. The molecule has 0 saturated heterocycles. The molecule has 0 bridgehead atoms. The second-order valence-corrected chi connectivity index (χ2v) is 22.5. The van der Waals surface area contributed by atoms with Gasteiger partial charge in [0.1, 0.15) is 0 Å². The standard InChI is InChI=1S/2C18H15P.2C4H9Se.2Pt.2H/c2*1-4-10-16(11-5-1)19(17-12-6-2-7-13-17)18-14-8-3-9-15-18;2*1-4(2,3)5;;;;/h2*1-15H;2*1-3H3;;;;. The number of hydrogen-bond acceptors (Lipinski definition) is 0. The molecule has 6 heteroatoms. The Labute approximate surface area is 350 Å². The van der Waals surface area contributed by atoms with Crippen molar-refractivity contribution in [2.75, 3.05) is 0 Å². The maximum atomic E-state index is 2.98. The molecule has 0 nitrogen and oxygen atoms in total. The van der Waals surface area contributed by atoms with Crippen LogP contribution in [0.4, 0.5) is 0 Å². The molecule has 0 N–H and O–H groups in total. The van der Waals surface area contributed by atoms with E-state index in [1.165, 1.54) is 31.8 Å². The second-order valence-electron chi connectivity index (χ2n) is 12.9. The molecule has 6 aromatic rings. The van der Waals surface area contributed by atoms with Gasteiger partial charge in [-0.25, -0.2) is 0 Å². The quantitative estimate of drug-likeness (QED) is 0.116. The average Bonchev–Trinajstić information content (AvgIpc) is 3.07. The Balaban J connectivity index is 0.000000383. The van der Waals surface area contributed by atoms with Crippen LogP contribution in [0, 0.1) is 0 Å². The molecule has 268 valence electrons. The summed E-state index contributed by atoms with van der Waals surface area (Å²) in [7, 11) is -0.892. The maximum Gasteiger partial charge on any atom is -0.0134 e. The van der Waals surface area contributed by atoms with E-state index in [1.807, 2.05) is 0 Å². The first-order valence-corrected chi connectivity index (χ1v) is 20.6. The van der Waals surface area contributed by atoms with E-state index in [1.54, 1.807) is 0 Å². The molecule has 0 aliphatic heterocycles. The van der Waals surface area contributed by atoms with Crippen molar-refractivity contribution in [2.45, 2.75) is 50.2 Å². The SMILES string of the molecule is CC(C)(C)[Se].CC(C)(C)[Se].[PtH].[PtH].c1ccc(P(c2ccccc2)c2ccccc2)cc1.c1ccc(P(c2ccccc2)c2ccccc2)cc1. The third kappa shape index (κ3) is 19.4. The van der Waals surface area contributed by atoms with Gasteiger partial charge in [0.15, 0.2) is 0 Å². The van der Waals surface area contributed by atoms with Crippen molar-refractivity contribution in [3.8, 4) is 0 Å². The Bertz CT molecular complexity index is 1350. The Morgan fingerprint density at radius 3 is 0.480 bits per heavy atom. The summed E-state index contributed by atoms with van der Waals surface area (Å²) in [6.07, 6.45) is 0. The van der Waals surface area contributed by atoms with Gasteiger partial charge in [0.25, 0.3) is 0 Å². The van der Waals surface area contributed by atoms with Crippen LogP contribution in [-0.4, -0.2) is 32.0 Å². The van der Waals surface area contributed by atoms with Gasteiger partial charge in [0.2, 0.25) is 0 Å². The minimum atomic E-state index is -0.446. The summed E-state index contributed by atoms with van der Waals surface area (Å²) in [6.45, 7) is 12.8. The first kappa shape index (κ1) is 46.6. The van der Waals surface area contributed by atoms with Gasteiger partial charge in [0.05, 0.1) is 0 Å². The fourth-order valence-electron chi connectivity index (χ4n) is 4.36. The fourth-order valence-corrected chi connectivity index (χ4v) is 8.97. The molecular formula is C44H50P2Pt2Se2. The number of hydrogen-bond donors (Lipinski definition) is 0. The van der Waals surface area contributed by atoms with Crippen molar-refractivity contribution < 1.29 is 42.1 Å². The van der Waals surface area contributed by atoms with Crippen LogP contribution in [0.3, 0.4) is 0 Å². The van der Waals surface area contributed by atoms with Crippen molar-refractivity contribution >= 4 is 79.7 Å². The van der Waals surface area contributed by atoms with Crippen LogP contribution >= 0.6 is 15.8 Å². The van der Waals surface area contributed by atoms with Gasteiger partial charge < -0.3 is 0 Å². The summed E-state index contributed by atoms with van der Waals surface area (Å²) >= 11 is 5.96. The molecule has 6 aromatic carbocycles. The van der Waals surface area contributed by atoms with Gasteiger partial charge in [-0.15, -0.1) is 0 Å². The second kappa shape index (κ2) is 24.8. The van der Waals surface area contributed by atoms with Crippen molar-refractivity contribution in [3.63, 3.8) is 0 Å². The van der Waals surface area contributed by atoms with Crippen LogP contribution in [0.15, 0.2) is 182 Å². The Morgan fingerprint density at radius 2 is 0.380 bits per heavy atom. The molecule has 0 spiro atoms. The molecule has 0 unspecified atom stereocenters. The molecule has 0 fully saturated rings. The zero-order chi connectivity index (χ0) is 34.8. The minimum Gasteiger partial charge on any atom is -0.0622 e. The van der Waals surface area contributed by atoms with Gasteiger partial charge in [-0.3, -0.25) is 0 Å². The Hall–Kier alpha value is -1.40. The van der Waals surface area contributed by atoms with Gasteiger partial charge in [-0.05, 0) is 47.7 Å². The summed E-state index contributed by atoms with van der Waals surface area (Å²) < 4.78 is 0.750. The van der Waals surface area contributed by atoms with E-state index in [9.17, 15) is 0 Å². The summed E-state index contributed by atoms with van der Waals surface area (Å²) in [4.78, 5) is 0. The molecule has 0 atom stereocenters. The maximum absolute atomic E-state index is 2.98. The summed E-state index contributed by atoms with van der Waals surface area (Å²) in [5.74, 6) is 0. The minimum absolute atomic E-state index is 0. The van der Waals surface area contributed by atoms with Crippen molar-refractivity contribution in [1.29, 1.82) is 0 Å². The van der Waals surface area contributed by atoms with Crippen LogP contribution in [0.1, 0.15) is 41.5 Å². The molecule has 0 heterocycles. The number of rotatable bonds is 6. The van der Waals surface area contributed by atoms with E-state index in [0.717, 1.165) is 0 Å².